The van der Waals surface area contributed by atoms with Gasteiger partial charge in [-0.2, -0.15) is 0 Å². The van der Waals surface area contributed by atoms with E-state index >= 15 is 0 Å². The van der Waals surface area contributed by atoms with Crippen molar-refractivity contribution >= 4 is 35.2 Å². The van der Waals surface area contributed by atoms with Crippen LogP contribution in [0.4, 0.5) is 4.79 Å². The van der Waals surface area contributed by atoms with Crippen LogP contribution in [0.2, 0.25) is 10.0 Å². The number of methoxy groups -OCH3 is 1. The highest BCUT2D eigenvalue weighted by atomic mass is 35.5. The predicted molar refractivity (Wildman–Crippen MR) is 99.5 cm³/mol. The Kier molecular flexibility index (Phi) is 8.62. The first-order chi connectivity index (χ1) is 12.1. The van der Waals surface area contributed by atoms with Crippen molar-refractivity contribution in [1.29, 1.82) is 0 Å². The Morgan fingerprint density at radius 3 is 2.38 bits per heavy atom. The highest BCUT2D eigenvalue weighted by molar-refractivity contribution is 6.35. The fourth-order valence-electron chi connectivity index (χ4n) is 2.08. The van der Waals surface area contributed by atoms with Crippen LogP contribution in [0.3, 0.4) is 0 Å². The lowest BCUT2D eigenvalue weighted by Gasteiger charge is -2.25. The largest absolute Gasteiger partial charge is 0.444 e. The minimum atomic E-state index is -1.18. The maximum absolute atomic E-state index is 12.4. The van der Waals surface area contributed by atoms with Gasteiger partial charge in [0, 0.05) is 17.2 Å². The SMILES string of the molecule is COCC(NC(=O)C(CO)NC(=O)OC(C)(C)C)c1ccc(Cl)cc1Cl. The van der Waals surface area contributed by atoms with Crippen molar-refractivity contribution in [1.82, 2.24) is 10.6 Å². The number of ether oxygens (including phenoxy) is 2. The second-order valence-corrected chi connectivity index (χ2v) is 7.41. The number of rotatable bonds is 7. The van der Waals surface area contributed by atoms with Crippen molar-refractivity contribution in [3.63, 3.8) is 0 Å². The third-order valence-electron chi connectivity index (χ3n) is 3.18. The fraction of sp³-hybridized carbons (Fsp3) is 0.529. The van der Waals surface area contributed by atoms with Gasteiger partial charge in [-0.25, -0.2) is 4.79 Å². The van der Waals surface area contributed by atoms with Crippen LogP contribution in [-0.2, 0) is 14.3 Å². The molecule has 2 amide bonds. The van der Waals surface area contributed by atoms with Crippen molar-refractivity contribution < 1.29 is 24.2 Å². The topological polar surface area (TPSA) is 96.9 Å². The van der Waals surface area contributed by atoms with Gasteiger partial charge >= 0.3 is 6.09 Å². The summed E-state index contributed by atoms with van der Waals surface area (Å²) in [5.74, 6) is -0.605. The van der Waals surface area contributed by atoms with E-state index in [0.29, 0.717) is 15.6 Å². The number of aliphatic hydroxyl groups is 1. The summed E-state index contributed by atoms with van der Waals surface area (Å²) in [5, 5.41) is 15.3. The molecular formula is C17H24Cl2N2O5. The van der Waals surface area contributed by atoms with E-state index in [9.17, 15) is 14.7 Å². The molecule has 0 radical (unpaired) electrons. The molecule has 0 aliphatic carbocycles. The molecule has 0 aromatic heterocycles. The van der Waals surface area contributed by atoms with Crippen LogP contribution in [0, 0.1) is 0 Å². The first kappa shape index (κ1) is 22.5. The Balaban J connectivity index is 2.85. The van der Waals surface area contributed by atoms with E-state index < -0.39 is 36.3 Å². The molecule has 0 aliphatic heterocycles. The Morgan fingerprint density at radius 1 is 1.23 bits per heavy atom. The quantitative estimate of drug-likeness (QED) is 0.646. The highest BCUT2D eigenvalue weighted by Gasteiger charge is 2.26. The maximum Gasteiger partial charge on any atom is 0.408 e. The number of amides is 2. The van der Waals surface area contributed by atoms with Crippen molar-refractivity contribution in [3.05, 3.63) is 33.8 Å². The van der Waals surface area contributed by atoms with Crippen molar-refractivity contribution in [3.8, 4) is 0 Å². The molecule has 1 rings (SSSR count). The number of aliphatic hydroxyl groups excluding tert-OH is 1. The Morgan fingerprint density at radius 2 is 1.88 bits per heavy atom. The molecule has 146 valence electrons. The Bertz CT molecular complexity index is 634. The third kappa shape index (κ3) is 7.37. The molecule has 1 aromatic carbocycles. The van der Waals surface area contributed by atoms with Crippen LogP contribution < -0.4 is 10.6 Å². The van der Waals surface area contributed by atoms with E-state index in [4.69, 9.17) is 32.7 Å². The molecule has 2 unspecified atom stereocenters. The number of halogens is 2. The van der Waals surface area contributed by atoms with Gasteiger partial charge in [-0.1, -0.05) is 29.3 Å². The molecule has 9 heteroatoms. The second kappa shape index (κ2) is 9.97. The van der Waals surface area contributed by atoms with E-state index in [1.165, 1.54) is 7.11 Å². The Hall–Kier alpha value is -1.54. The number of hydrogen-bond acceptors (Lipinski definition) is 5. The number of carbonyl (C=O) groups excluding carboxylic acids is 2. The van der Waals surface area contributed by atoms with Crippen molar-refractivity contribution in [2.24, 2.45) is 0 Å². The average molecular weight is 407 g/mol. The van der Waals surface area contributed by atoms with E-state index in [1.807, 2.05) is 0 Å². The lowest BCUT2D eigenvalue weighted by molar-refractivity contribution is -0.125. The van der Waals surface area contributed by atoms with Crippen molar-refractivity contribution in [2.45, 2.75) is 38.5 Å². The minimum Gasteiger partial charge on any atom is -0.444 e. The van der Waals surface area contributed by atoms with Crippen LogP contribution in [0.25, 0.3) is 0 Å². The van der Waals surface area contributed by atoms with Crippen LogP contribution in [0.15, 0.2) is 18.2 Å². The third-order valence-corrected chi connectivity index (χ3v) is 3.74. The summed E-state index contributed by atoms with van der Waals surface area (Å²) in [5.41, 5.74) is -0.129. The molecule has 0 spiro atoms. The van der Waals surface area contributed by atoms with E-state index in [-0.39, 0.29) is 6.61 Å². The van der Waals surface area contributed by atoms with E-state index in [0.717, 1.165) is 0 Å². The van der Waals surface area contributed by atoms with Gasteiger partial charge in [0.05, 0.1) is 19.3 Å². The first-order valence-electron chi connectivity index (χ1n) is 7.92. The van der Waals surface area contributed by atoms with Crippen LogP contribution in [0.5, 0.6) is 0 Å². The number of hydrogen-bond donors (Lipinski definition) is 3. The van der Waals surface area contributed by atoms with Gasteiger partial charge < -0.3 is 25.2 Å². The average Bonchev–Trinajstić information content (AvgIpc) is 2.50. The second-order valence-electron chi connectivity index (χ2n) is 6.56. The first-order valence-corrected chi connectivity index (χ1v) is 8.67. The monoisotopic (exact) mass is 406 g/mol. The van der Waals surface area contributed by atoms with Gasteiger partial charge in [0.2, 0.25) is 5.91 Å². The minimum absolute atomic E-state index is 0.137. The number of benzene rings is 1. The number of alkyl carbamates (subject to hydrolysis) is 1. The summed E-state index contributed by atoms with van der Waals surface area (Å²) in [6.45, 7) is 4.62. The molecule has 0 aliphatic rings. The maximum atomic E-state index is 12.4. The predicted octanol–water partition coefficient (Wildman–Crippen LogP) is 2.68. The fourth-order valence-corrected chi connectivity index (χ4v) is 2.62. The van der Waals surface area contributed by atoms with Crippen molar-refractivity contribution in [2.75, 3.05) is 20.3 Å². The lowest BCUT2D eigenvalue weighted by Crippen LogP contribution is -2.51. The number of nitrogens with one attached hydrogen (secondary N) is 2. The van der Waals surface area contributed by atoms with Gasteiger partial charge in [0.1, 0.15) is 11.6 Å². The van der Waals surface area contributed by atoms with Gasteiger partial charge in [0.15, 0.2) is 0 Å². The van der Waals surface area contributed by atoms with Gasteiger partial charge in [0.25, 0.3) is 0 Å². The summed E-state index contributed by atoms with van der Waals surface area (Å²) in [6, 6.07) is 3.08. The van der Waals surface area contributed by atoms with Gasteiger partial charge in [-0.3, -0.25) is 4.79 Å². The smallest absolute Gasteiger partial charge is 0.408 e. The zero-order valence-electron chi connectivity index (χ0n) is 15.1. The molecule has 7 nitrogen and oxygen atoms in total. The molecule has 0 saturated heterocycles. The number of carbonyl (C=O) groups is 2. The molecule has 2 atom stereocenters. The standard InChI is InChI=1S/C17H24Cl2N2O5/c1-17(2,3)26-16(24)21-13(8-22)15(23)20-14(9-25-4)11-6-5-10(18)7-12(11)19/h5-7,13-14,22H,8-9H2,1-4H3,(H,20,23)(H,21,24). The zero-order chi connectivity index (χ0) is 19.9. The van der Waals surface area contributed by atoms with E-state index in [2.05, 4.69) is 10.6 Å². The van der Waals surface area contributed by atoms with Gasteiger partial charge in [-0.05, 0) is 38.5 Å². The summed E-state index contributed by atoms with van der Waals surface area (Å²) in [6.07, 6.45) is -0.806. The van der Waals surface area contributed by atoms with Crippen LogP contribution >= 0.6 is 23.2 Å². The molecular weight excluding hydrogens is 383 g/mol. The summed E-state index contributed by atoms with van der Waals surface area (Å²) >= 11 is 12.1. The summed E-state index contributed by atoms with van der Waals surface area (Å²) in [7, 11) is 1.48. The van der Waals surface area contributed by atoms with Crippen LogP contribution in [0.1, 0.15) is 32.4 Å². The zero-order valence-corrected chi connectivity index (χ0v) is 16.6. The molecule has 0 heterocycles. The molecule has 0 fully saturated rings. The van der Waals surface area contributed by atoms with Crippen LogP contribution in [-0.4, -0.2) is 49.1 Å². The Labute approximate surface area is 162 Å². The molecule has 0 bridgehead atoms. The lowest BCUT2D eigenvalue weighted by atomic mass is 10.1. The van der Waals surface area contributed by atoms with Gasteiger partial charge in [-0.15, -0.1) is 0 Å². The molecule has 3 N–H and O–H groups in total. The molecule has 0 saturated carbocycles. The summed E-state index contributed by atoms with van der Waals surface area (Å²) in [4.78, 5) is 24.3. The van der Waals surface area contributed by atoms with E-state index in [1.54, 1.807) is 39.0 Å². The molecule has 26 heavy (non-hydrogen) atoms. The highest BCUT2D eigenvalue weighted by Crippen LogP contribution is 2.26. The summed E-state index contributed by atoms with van der Waals surface area (Å²) < 4.78 is 10.2. The molecule has 1 aromatic rings. The normalized spacial score (nSPS) is 13.7.